The summed E-state index contributed by atoms with van der Waals surface area (Å²) in [6.45, 7) is 0.340. The zero-order valence-electron chi connectivity index (χ0n) is 6.79. The summed E-state index contributed by atoms with van der Waals surface area (Å²) in [4.78, 5) is 0. The Hall–Kier alpha value is -0.120. The molecule has 66 valence electrons. The fourth-order valence-electron chi connectivity index (χ4n) is 1.59. The van der Waals surface area contributed by atoms with Crippen LogP contribution in [0, 0.1) is 5.92 Å². The molecule has 3 heteroatoms. The van der Waals surface area contributed by atoms with Gasteiger partial charge in [0.25, 0.3) is 0 Å². The lowest BCUT2D eigenvalue weighted by molar-refractivity contribution is 0.109. The average molecular weight is 159 g/mol. The second kappa shape index (κ2) is 3.52. The number of hydrogen-bond donors (Lipinski definition) is 3. The van der Waals surface area contributed by atoms with Gasteiger partial charge >= 0.3 is 0 Å². The lowest BCUT2D eigenvalue weighted by atomic mass is 9.78. The molecule has 0 atom stereocenters. The minimum absolute atomic E-state index is 0.0746. The van der Waals surface area contributed by atoms with Gasteiger partial charge in [-0.2, -0.15) is 0 Å². The van der Waals surface area contributed by atoms with E-state index >= 15 is 0 Å². The molecule has 1 rings (SSSR count). The molecule has 4 N–H and O–H groups in total. The van der Waals surface area contributed by atoms with E-state index in [1.807, 2.05) is 0 Å². The smallest absolute Gasteiger partial charge is 0.0611 e. The fourth-order valence-corrected chi connectivity index (χ4v) is 1.59. The Morgan fingerprint density at radius 1 is 1.27 bits per heavy atom. The Balaban J connectivity index is 2.35. The summed E-state index contributed by atoms with van der Waals surface area (Å²) in [7, 11) is 0. The molecule has 0 radical (unpaired) electrons. The monoisotopic (exact) mass is 159 g/mol. The van der Waals surface area contributed by atoms with Gasteiger partial charge in [-0.25, -0.2) is 0 Å². The van der Waals surface area contributed by atoms with E-state index < -0.39 is 0 Å². The number of aliphatic hydroxyl groups excluding tert-OH is 2. The van der Waals surface area contributed by atoms with Gasteiger partial charge in [-0.15, -0.1) is 0 Å². The van der Waals surface area contributed by atoms with Crippen LogP contribution in [0.1, 0.15) is 25.7 Å². The highest BCUT2D eigenvalue weighted by Crippen LogP contribution is 2.29. The molecular formula is C8H17NO2. The summed E-state index contributed by atoms with van der Waals surface area (Å²) >= 11 is 0. The van der Waals surface area contributed by atoms with Crippen molar-refractivity contribution >= 4 is 0 Å². The molecule has 1 fully saturated rings. The van der Waals surface area contributed by atoms with Crippen molar-refractivity contribution in [2.45, 2.75) is 31.2 Å². The molecule has 0 heterocycles. The standard InChI is InChI=1S/C8H17NO2/c9-8(6-11)3-1-7(5-10)2-4-8/h7,10-11H,1-6,9H2. The second-order valence-electron chi connectivity index (χ2n) is 3.65. The van der Waals surface area contributed by atoms with Gasteiger partial charge in [0.2, 0.25) is 0 Å². The fraction of sp³-hybridized carbons (Fsp3) is 1.00. The van der Waals surface area contributed by atoms with E-state index in [0.29, 0.717) is 5.92 Å². The van der Waals surface area contributed by atoms with Crippen LogP contribution in [0.2, 0.25) is 0 Å². The van der Waals surface area contributed by atoms with Gasteiger partial charge < -0.3 is 15.9 Å². The molecule has 1 aliphatic rings. The third kappa shape index (κ3) is 2.15. The first-order valence-electron chi connectivity index (χ1n) is 4.21. The lowest BCUT2D eigenvalue weighted by Crippen LogP contribution is -2.46. The van der Waals surface area contributed by atoms with Gasteiger partial charge in [0, 0.05) is 12.1 Å². The Morgan fingerprint density at radius 2 is 1.82 bits per heavy atom. The highest BCUT2D eigenvalue weighted by Gasteiger charge is 2.30. The molecule has 0 unspecified atom stereocenters. The second-order valence-corrected chi connectivity index (χ2v) is 3.65. The Labute approximate surface area is 67.2 Å². The van der Waals surface area contributed by atoms with Crippen LogP contribution in [-0.2, 0) is 0 Å². The largest absolute Gasteiger partial charge is 0.396 e. The third-order valence-electron chi connectivity index (χ3n) is 2.67. The zero-order chi connectivity index (χ0) is 8.32. The lowest BCUT2D eigenvalue weighted by Gasteiger charge is -2.34. The van der Waals surface area contributed by atoms with Crippen molar-refractivity contribution in [2.75, 3.05) is 13.2 Å². The minimum Gasteiger partial charge on any atom is -0.396 e. The summed E-state index contributed by atoms with van der Waals surface area (Å²) in [5.74, 6) is 0.415. The molecule has 0 bridgehead atoms. The maximum absolute atomic E-state index is 8.92. The summed E-state index contributed by atoms with van der Waals surface area (Å²) < 4.78 is 0. The first kappa shape index (κ1) is 8.97. The number of rotatable bonds is 2. The predicted molar refractivity (Wildman–Crippen MR) is 43.0 cm³/mol. The van der Waals surface area contributed by atoms with Crippen molar-refractivity contribution in [3.63, 3.8) is 0 Å². The quantitative estimate of drug-likeness (QED) is 0.525. The zero-order valence-corrected chi connectivity index (χ0v) is 6.79. The van der Waals surface area contributed by atoms with Crippen LogP contribution in [0.25, 0.3) is 0 Å². The van der Waals surface area contributed by atoms with Crippen molar-refractivity contribution in [3.8, 4) is 0 Å². The van der Waals surface area contributed by atoms with E-state index in [1.165, 1.54) is 0 Å². The molecule has 1 saturated carbocycles. The van der Waals surface area contributed by atoms with E-state index in [0.717, 1.165) is 25.7 Å². The summed E-state index contributed by atoms with van der Waals surface area (Å²) in [6, 6.07) is 0. The van der Waals surface area contributed by atoms with Crippen LogP contribution in [0.4, 0.5) is 0 Å². The highest BCUT2D eigenvalue weighted by molar-refractivity contribution is 4.88. The van der Waals surface area contributed by atoms with Crippen molar-refractivity contribution in [1.82, 2.24) is 0 Å². The number of nitrogens with two attached hydrogens (primary N) is 1. The number of aliphatic hydroxyl groups is 2. The molecule has 3 nitrogen and oxygen atoms in total. The Morgan fingerprint density at radius 3 is 2.18 bits per heavy atom. The van der Waals surface area contributed by atoms with Crippen LogP contribution in [-0.4, -0.2) is 29.0 Å². The van der Waals surface area contributed by atoms with Crippen molar-refractivity contribution in [2.24, 2.45) is 11.7 Å². The Bertz CT molecular complexity index is 119. The van der Waals surface area contributed by atoms with Crippen LogP contribution in [0.5, 0.6) is 0 Å². The van der Waals surface area contributed by atoms with E-state index in [-0.39, 0.29) is 18.8 Å². The highest BCUT2D eigenvalue weighted by atomic mass is 16.3. The maximum Gasteiger partial charge on any atom is 0.0611 e. The average Bonchev–Trinajstić information content (AvgIpc) is 2.06. The predicted octanol–water partition coefficient (Wildman–Crippen LogP) is -0.141. The van der Waals surface area contributed by atoms with Crippen LogP contribution in [0.3, 0.4) is 0 Å². The first-order chi connectivity index (χ1) is 5.20. The van der Waals surface area contributed by atoms with Gasteiger partial charge in [0.05, 0.1) is 6.61 Å². The van der Waals surface area contributed by atoms with Crippen molar-refractivity contribution in [1.29, 1.82) is 0 Å². The van der Waals surface area contributed by atoms with E-state index in [4.69, 9.17) is 15.9 Å². The summed E-state index contributed by atoms with van der Waals surface area (Å²) in [5, 5.41) is 17.8. The molecule has 0 aromatic carbocycles. The Kier molecular flexibility index (Phi) is 2.87. The van der Waals surface area contributed by atoms with Crippen LogP contribution >= 0.6 is 0 Å². The molecule has 0 aromatic heterocycles. The van der Waals surface area contributed by atoms with Crippen molar-refractivity contribution in [3.05, 3.63) is 0 Å². The first-order valence-corrected chi connectivity index (χ1v) is 4.21. The maximum atomic E-state index is 8.92. The van der Waals surface area contributed by atoms with Gasteiger partial charge in [-0.05, 0) is 31.6 Å². The van der Waals surface area contributed by atoms with E-state index in [2.05, 4.69) is 0 Å². The number of hydrogen-bond acceptors (Lipinski definition) is 3. The SMILES string of the molecule is NC1(CO)CCC(CO)CC1. The minimum atomic E-state index is -0.355. The molecular weight excluding hydrogens is 142 g/mol. The summed E-state index contributed by atoms with van der Waals surface area (Å²) in [6.07, 6.45) is 3.59. The van der Waals surface area contributed by atoms with Crippen molar-refractivity contribution < 1.29 is 10.2 Å². The molecule has 0 amide bonds. The topological polar surface area (TPSA) is 66.5 Å². The molecule has 1 aliphatic carbocycles. The van der Waals surface area contributed by atoms with Gasteiger partial charge in [0.1, 0.15) is 0 Å². The molecule has 0 saturated heterocycles. The third-order valence-corrected chi connectivity index (χ3v) is 2.67. The van der Waals surface area contributed by atoms with E-state index in [9.17, 15) is 0 Å². The van der Waals surface area contributed by atoms with Gasteiger partial charge in [0.15, 0.2) is 0 Å². The normalized spacial score (nSPS) is 39.0. The van der Waals surface area contributed by atoms with Crippen LogP contribution in [0.15, 0.2) is 0 Å². The molecule has 11 heavy (non-hydrogen) atoms. The van der Waals surface area contributed by atoms with Crippen LogP contribution < -0.4 is 5.73 Å². The van der Waals surface area contributed by atoms with E-state index in [1.54, 1.807) is 0 Å². The molecule has 0 aromatic rings. The summed E-state index contributed by atoms with van der Waals surface area (Å²) in [5.41, 5.74) is 5.49. The van der Waals surface area contributed by atoms with Gasteiger partial charge in [-0.1, -0.05) is 0 Å². The molecule has 0 aliphatic heterocycles. The van der Waals surface area contributed by atoms with Gasteiger partial charge in [-0.3, -0.25) is 0 Å². The molecule has 0 spiro atoms.